The number of alkyl halides is 1. The molecule has 4 aliphatic carbocycles. The predicted octanol–water partition coefficient (Wildman–Crippen LogP) is 9.66. The van der Waals surface area contributed by atoms with Crippen molar-refractivity contribution in [3.05, 3.63) is 11.6 Å². The molecule has 0 aromatic heterocycles. The van der Waals surface area contributed by atoms with E-state index in [4.69, 9.17) is 4.43 Å². The lowest BCUT2D eigenvalue weighted by atomic mass is 9.47. The van der Waals surface area contributed by atoms with Crippen LogP contribution in [-0.2, 0) is 4.43 Å². The van der Waals surface area contributed by atoms with Crippen molar-refractivity contribution in [3.8, 4) is 0 Å². The largest absolute Gasteiger partial charge is 0.414 e. The molecule has 0 heterocycles. The second kappa shape index (κ2) is 9.51. The third kappa shape index (κ3) is 4.60. The van der Waals surface area contributed by atoms with Crippen LogP contribution in [0.15, 0.2) is 11.6 Å². The fraction of sp³-hybridized carbons (Fsp3) is 0.933. The number of rotatable bonds is 6. The van der Waals surface area contributed by atoms with E-state index in [-0.39, 0.29) is 0 Å². The van der Waals surface area contributed by atoms with Gasteiger partial charge in [-0.15, -0.1) is 0 Å². The highest BCUT2D eigenvalue weighted by atomic mass is 127. The van der Waals surface area contributed by atoms with Crippen LogP contribution in [-0.4, -0.2) is 18.3 Å². The van der Waals surface area contributed by atoms with Gasteiger partial charge in [-0.2, -0.15) is 0 Å². The average molecular weight is 585 g/mol. The molecule has 4 aliphatic rings. The molecule has 1 nitrogen and oxygen atoms in total. The molecule has 0 saturated heterocycles. The van der Waals surface area contributed by atoms with E-state index in [1.807, 2.05) is 0 Å². The minimum absolute atomic E-state index is 0.446. The van der Waals surface area contributed by atoms with Crippen LogP contribution < -0.4 is 0 Å². The first kappa shape index (κ1) is 26.7. The second-order valence-electron chi connectivity index (χ2n) is 14.3. The van der Waals surface area contributed by atoms with E-state index < -0.39 is 8.32 Å². The van der Waals surface area contributed by atoms with Crippen LogP contribution in [0, 0.1) is 46.3 Å². The molecule has 9 atom stereocenters. The van der Waals surface area contributed by atoms with Gasteiger partial charge in [-0.3, -0.25) is 0 Å². The Morgan fingerprint density at radius 2 is 1.67 bits per heavy atom. The van der Waals surface area contributed by atoms with Crippen LogP contribution in [0.4, 0.5) is 0 Å². The first-order valence-electron chi connectivity index (χ1n) is 14.3. The van der Waals surface area contributed by atoms with Crippen LogP contribution in [0.3, 0.4) is 0 Å². The quantitative estimate of drug-likeness (QED) is 0.131. The summed E-state index contributed by atoms with van der Waals surface area (Å²) in [6, 6.07) is 0. The van der Waals surface area contributed by atoms with E-state index in [2.05, 4.69) is 90.2 Å². The van der Waals surface area contributed by atoms with Gasteiger partial charge in [0.2, 0.25) is 0 Å². The summed E-state index contributed by atoms with van der Waals surface area (Å²) in [5.74, 6) is 5.37. The Balaban J connectivity index is 1.51. The van der Waals surface area contributed by atoms with Gasteiger partial charge >= 0.3 is 0 Å². The normalized spacial score (nSPS) is 43.0. The fourth-order valence-electron chi connectivity index (χ4n) is 9.03. The summed E-state index contributed by atoms with van der Waals surface area (Å²) in [4.78, 5) is 0. The van der Waals surface area contributed by atoms with Crippen molar-refractivity contribution in [1.29, 1.82) is 0 Å². The van der Waals surface area contributed by atoms with Gasteiger partial charge < -0.3 is 4.43 Å². The SMILES string of the molecule is CC(C)C(I)[C@@H](C)[C@H]1CC[C@H]2[C@@H]3CC=C4C[C@@H](O[Si](C)(C)C(C)C)CC[C@]4(C)[C@H]3CC[C@]12C. The van der Waals surface area contributed by atoms with Gasteiger partial charge in [0.1, 0.15) is 0 Å². The van der Waals surface area contributed by atoms with Gasteiger partial charge in [0, 0.05) is 10.0 Å². The monoisotopic (exact) mass is 584 g/mol. The summed E-state index contributed by atoms with van der Waals surface area (Å²) in [7, 11) is -1.58. The maximum absolute atomic E-state index is 6.84. The van der Waals surface area contributed by atoms with Gasteiger partial charge in [0.05, 0.1) is 0 Å². The Morgan fingerprint density at radius 3 is 2.30 bits per heavy atom. The van der Waals surface area contributed by atoms with Crippen molar-refractivity contribution in [2.45, 2.75) is 128 Å². The van der Waals surface area contributed by atoms with Crippen LogP contribution >= 0.6 is 22.6 Å². The number of hydrogen-bond donors (Lipinski definition) is 0. The molecule has 0 aromatic carbocycles. The minimum Gasteiger partial charge on any atom is -0.414 e. The molecule has 190 valence electrons. The Bertz CT molecular complexity index is 744. The zero-order valence-electron chi connectivity index (χ0n) is 23.2. The van der Waals surface area contributed by atoms with Crippen LogP contribution in [0.1, 0.15) is 99.8 Å². The molecule has 1 unspecified atom stereocenters. The maximum Gasteiger partial charge on any atom is 0.189 e. The van der Waals surface area contributed by atoms with Crippen molar-refractivity contribution in [2.24, 2.45) is 46.3 Å². The molecule has 0 amide bonds. The highest BCUT2D eigenvalue weighted by Gasteiger charge is 2.59. The maximum atomic E-state index is 6.84. The number of hydrogen-bond acceptors (Lipinski definition) is 1. The van der Waals surface area contributed by atoms with E-state index >= 15 is 0 Å². The van der Waals surface area contributed by atoms with E-state index in [1.54, 1.807) is 5.57 Å². The van der Waals surface area contributed by atoms with Gasteiger partial charge in [-0.05, 0) is 116 Å². The Labute approximate surface area is 220 Å². The molecule has 0 bridgehead atoms. The summed E-state index contributed by atoms with van der Waals surface area (Å²) in [6.45, 7) is 22.4. The second-order valence-corrected chi connectivity index (χ2v) is 20.3. The average Bonchev–Trinajstić information content (AvgIpc) is 3.09. The lowest BCUT2D eigenvalue weighted by Crippen LogP contribution is -2.52. The van der Waals surface area contributed by atoms with Crippen LogP contribution in [0.2, 0.25) is 18.6 Å². The number of allylic oxidation sites excluding steroid dienone is 1. The first-order valence-corrected chi connectivity index (χ1v) is 18.6. The van der Waals surface area contributed by atoms with E-state index in [0.717, 1.165) is 39.4 Å². The highest BCUT2D eigenvalue weighted by molar-refractivity contribution is 14.1. The molecule has 0 spiro atoms. The van der Waals surface area contributed by atoms with Gasteiger partial charge in [-0.25, -0.2) is 0 Å². The third-order valence-electron chi connectivity index (χ3n) is 11.8. The molecule has 3 fully saturated rings. The topological polar surface area (TPSA) is 9.23 Å². The van der Waals surface area contributed by atoms with Gasteiger partial charge in [-0.1, -0.05) is 82.7 Å². The predicted molar refractivity (Wildman–Crippen MR) is 154 cm³/mol. The van der Waals surface area contributed by atoms with Gasteiger partial charge in [0.25, 0.3) is 0 Å². The Hall–Kier alpha value is 0.647. The Morgan fingerprint density at radius 1 is 0.970 bits per heavy atom. The Kier molecular flexibility index (Phi) is 7.69. The molecule has 33 heavy (non-hydrogen) atoms. The van der Waals surface area contributed by atoms with Crippen LogP contribution in [0.5, 0.6) is 0 Å². The molecule has 0 N–H and O–H groups in total. The van der Waals surface area contributed by atoms with Gasteiger partial charge in [0.15, 0.2) is 8.32 Å². The van der Waals surface area contributed by atoms with Crippen LogP contribution in [0.25, 0.3) is 0 Å². The standard InChI is InChI=1S/C30H53IOSi/c1-19(2)28(31)21(5)25-12-13-26-24-11-10-22-18-23(32-33(8,9)20(3)4)14-16-29(22,6)27(24)15-17-30(25,26)7/h10,19-21,23-28H,11-18H2,1-9H3/t21-,23-,24-,25+,26-,27-,28?,29-,30+/m0/s1. The van der Waals surface area contributed by atoms with Crippen molar-refractivity contribution >= 4 is 30.9 Å². The zero-order chi connectivity index (χ0) is 24.3. The summed E-state index contributed by atoms with van der Waals surface area (Å²) in [5, 5.41) is 0. The number of halogens is 1. The summed E-state index contributed by atoms with van der Waals surface area (Å²) in [5.41, 5.74) is 3.50. The third-order valence-corrected chi connectivity index (χ3v) is 18.1. The van der Waals surface area contributed by atoms with Crippen molar-refractivity contribution in [1.82, 2.24) is 0 Å². The first-order chi connectivity index (χ1) is 15.3. The molecule has 4 rings (SSSR count). The molecule has 0 radical (unpaired) electrons. The number of fused-ring (bicyclic) bond motifs is 5. The summed E-state index contributed by atoms with van der Waals surface area (Å²) >= 11 is 2.78. The molecular weight excluding hydrogens is 531 g/mol. The minimum atomic E-state index is -1.58. The van der Waals surface area contributed by atoms with E-state index in [9.17, 15) is 0 Å². The zero-order valence-corrected chi connectivity index (χ0v) is 26.4. The molecule has 0 aromatic rings. The molecule has 0 aliphatic heterocycles. The van der Waals surface area contributed by atoms with Crippen molar-refractivity contribution in [3.63, 3.8) is 0 Å². The molecule has 3 saturated carbocycles. The summed E-state index contributed by atoms with van der Waals surface area (Å²) in [6.07, 6.45) is 14.4. The molecular formula is C30H53IOSi. The van der Waals surface area contributed by atoms with Crippen molar-refractivity contribution in [2.75, 3.05) is 0 Å². The molecule has 3 heteroatoms. The highest BCUT2D eigenvalue weighted by Crippen LogP contribution is 2.67. The van der Waals surface area contributed by atoms with E-state index in [0.29, 0.717) is 22.5 Å². The smallest absolute Gasteiger partial charge is 0.189 e. The van der Waals surface area contributed by atoms with E-state index in [1.165, 1.54) is 51.4 Å². The van der Waals surface area contributed by atoms with Crippen molar-refractivity contribution < 1.29 is 4.43 Å². The fourth-order valence-corrected chi connectivity index (χ4v) is 10.9. The lowest BCUT2D eigenvalue weighted by molar-refractivity contribution is -0.0561. The lowest BCUT2D eigenvalue weighted by Gasteiger charge is -2.59. The summed E-state index contributed by atoms with van der Waals surface area (Å²) < 4.78 is 7.65.